The highest BCUT2D eigenvalue weighted by atomic mass is 19.3. The summed E-state index contributed by atoms with van der Waals surface area (Å²) in [6.45, 7) is 1.67. The summed E-state index contributed by atoms with van der Waals surface area (Å²) in [4.78, 5) is 0. The zero-order valence-corrected chi connectivity index (χ0v) is 7.57. The molecule has 0 saturated carbocycles. The Balaban J connectivity index is 3.22. The van der Waals surface area contributed by atoms with Gasteiger partial charge in [-0.3, -0.25) is 0 Å². The van der Waals surface area contributed by atoms with Gasteiger partial charge in [0.15, 0.2) is 6.67 Å². The van der Waals surface area contributed by atoms with Crippen molar-refractivity contribution in [1.29, 1.82) is 0 Å². The van der Waals surface area contributed by atoms with Crippen molar-refractivity contribution in [2.75, 3.05) is 6.67 Å². The second kappa shape index (κ2) is 3.40. The number of hydrogen-bond acceptors (Lipinski definition) is 0. The molecule has 0 radical (unpaired) electrons. The molecule has 0 unspecified atom stereocenters. The van der Waals surface area contributed by atoms with E-state index in [2.05, 4.69) is 0 Å². The van der Waals surface area contributed by atoms with Gasteiger partial charge in [-0.1, -0.05) is 18.2 Å². The number of benzene rings is 1. The average molecular weight is 188 g/mol. The number of halogens is 3. The van der Waals surface area contributed by atoms with Crippen molar-refractivity contribution in [1.82, 2.24) is 0 Å². The SMILES string of the molecule is Cc1cccc(C(F)(F)CF)c1C. The first-order valence-corrected chi connectivity index (χ1v) is 3.99. The van der Waals surface area contributed by atoms with Crippen molar-refractivity contribution in [3.63, 3.8) is 0 Å². The summed E-state index contributed by atoms with van der Waals surface area (Å²) < 4.78 is 37.9. The van der Waals surface area contributed by atoms with Crippen LogP contribution in [-0.2, 0) is 5.92 Å². The first-order valence-electron chi connectivity index (χ1n) is 3.99. The molecule has 3 heteroatoms. The zero-order chi connectivity index (χ0) is 10.1. The lowest BCUT2D eigenvalue weighted by Gasteiger charge is -2.16. The molecular formula is C10H11F3. The molecule has 0 fully saturated rings. The minimum atomic E-state index is -3.35. The van der Waals surface area contributed by atoms with E-state index in [4.69, 9.17) is 0 Å². The quantitative estimate of drug-likeness (QED) is 0.667. The van der Waals surface area contributed by atoms with Crippen LogP contribution in [-0.4, -0.2) is 6.67 Å². The third-order valence-corrected chi connectivity index (χ3v) is 2.17. The molecule has 0 N–H and O–H groups in total. The van der Waals surface area contributed by atoms with Crippen LogP contribution in [0, 0.1) is 13.8 Å². The molecule has 0 saturated heterocycles. The molecule has 0 heterocycles. The van der Waals surface area contributed by atoms with E-state index in [-0.39, 0.29) is 5.56 Å². The Morgan fingerprint density at radius 1 is 1.23 bits per heavy atom. The van der Waals surface area contributed by atoms with Gasteiger partial charge in [0.05, 0.1) is 0 Å². The van der Waals surface area contributed by atoms with Crippen molar-refractivity contribution in [2.24, 2.45) is 0 Å². The summed E-state index contributed by atoms with van der Waals surface area (Å²) in [5, 5.41) is 0. The highest BCUT2D eigenvalue weighted by molar-refractivity contribution is 5.36. The smallest absolute Gasteiger partial charge is 0.244 e. The van der Waals surface area contributed by atoms with E-state index in [0.29, 0.717) is 5.56 Å². The van der Waals surface area contributed by atoms with Gasteiger partial charge in [0.2, 0.25) is 0 Å². The van der Waals surface area contributed by atoms with Crippen LogP contribution in [0.4, 0.5) is 13.2 Å². The third-order valence-electron chi connectivity index (χ3n) is 2.17. The van der Waals surface area contributed by atoms with Crippen LogP contribution >= 0.6 is 0 Å². The van der Waals surface area contributed by atoms with Gasteiger partial charge in [-0.05, 0) is 25.0 Å². The van der Waals surface area contributed by atoms with Crippen molar-refractivity contribution < 1.29 is 13.2 Å². The van der Waals surface area contributed by atoms with Crippen LogP contribution in [0.25, 0.3) is 0 Å². The molecule has 0 amide bonds. The normalized spacial score (nSPS) is 11.8. The maximum atomic E-state index is 13.0. The molecule has 1 rings (SSSR count). The molecule has 13 heavy (non-hydrogen) atoms. The fraction of sp³-hybridized carbons (Fsp3) is 0.400. The molecule has 0 atom stereocenters. The lowest BCUT2D eigenvalue weighted by atomic mass is 9.99. The highest BCUT2D eigenvalue weighted by Crippen LogP contribution is 2.31. The van der Waals surface area contributed by atoms with Gasteiger partial charge in [-0.15, -0.1) is 0 Å². The average Bonchev–Trinajstić information content (AvgIpc) is 2.09. The van der Waals surface area contributed by atoms with Crippen molar-refractivity contribution in [2.45, 2.75) is 19.8 Å². The van der Waals surface area contributed by atoms with Crippen LogP contribution < -0.4 is 0 Å². The van der Waals surface area contributed by atoms with Crippen LogP contribution in [0.3, 0.4) is 0 Å². The number of alkyl halides is 3. The molecule has 0 aromatic heterocycles. The van der Waals surface area contributed by atoms with Crippen molar-refractivity contribution in [3.8, 4) is 0 Å². The van der Waals surface area contributed by atoms with Crippen LogP contribution in [0.5, 0.6) is 0 Å². The lowest BCUT2D eigenvalue weighted by Crippen LogP contribution is -2.17. The molecule has 0 bridgehead atoms. The molecule has 1 aromatic rings. The predicted molar refractivity (Wildman–Crippen MR) is 45.8 cm³/mol. The highest BCUT2D eigenvalue weighted by Gasteiger charge is 2.33. The van der Waals surface area contributed by atoms with Gasteiger partial charge < -0.3 is 0 Å². The summed E-state index contributed by atoms with van der Waals surface area (Å²) in [6.07, 6.45) is 0. The Hall–Kier alpha value is -0.990. The maximum absolute atomic E-state index is 13.0. The minimum Gasteiger partial charge on any atom is -0.244 e. The molecule has 0 aliphatic rings. The molecule has 0 nitrogen and oxygen atoms in total. The largest absolute Gasteiger partial charge is 0.301 e. The van der Waals surface area contributed by atoms with Gasteiger partial charge >= 0.3 is 5.92 Å². The van der Waals surface area contributed by atoms with Gasteiger partial charge in [0, 0.05) is 5.56 Å². The van der Waals surface area contributed by atoms with E-state index in [1.165, 1.54) is 12.1 Å². The van der Waals surface area contributed by atoms with Gasteiger partial charge in [0.1, 0.15) is 0 Å². The Bertz CT molecular complexity index is 305. The summed E-state index contributed by atoms with van der Waals surface area (Å²) in [5.41, 5.74) is 1.01. The van der Waals surface area contributed by atoms with Crippen LogP contribution in [0.2, 0.25) is 0 Å². The number of hydrogen-bond donors (Lipinski definition) is 0. The van der Waals surface area contributed by atoms with Crippen LogP contribution in [0.15, 0.2) is 18.2 Å². The Labute approximate surface area is 75.4 Å². The molecule has 72 valence electrons. The monoisotopic (exact) mass is 188 g/mol. The Kier molecular flexibility index (Phi) is 2.64. The van der Waals surface area contributed by atoms with Gasteiger partial charge in [-0.25, -0.2) is 4.39 Å². The standard InChI is InChI=1S/C10H11F3/c1-7-4-3-5-9(8(7)2)10(12,13)6-11/h3-5H,6H2,1-2H3. The number of rotatable bonds is 2. The summed E-state index contributed by atoms with van der Waals surface area (Å²) in [7, 11) is 0. The molecule has 0 aliphatic carbocycles. The van der Waals surface area contributed by atoms with E-state index in [0.717, 1.165) is 5.56 Å². The second-order valence-electron chi connectivity index (χ2n) is 3.09. The Morgan fingerprint density at radius 2 is 1.85 bits per heavy atom. The molecule has 0 aliphatic heterocycles. The molecule has 1 aromatic carbocycles. The second-order valence-corrected chi connectivity index (χ2v) is 3.09. The first-order chi connectivity index (χ1) is 5.99. The fourth-order valence-corrected chi connectivity index (χ4v) is 1.22. The van der Waals surface area contributed by atoms with E-state index in [9.17, 15) is 13.2 Å². The summed E-state index contributed by atoms with van der Waals surface area (Å²) >= 11 is 0. The minimum absolute atomic E-state index is 0.213. The van der Waals surface area contributed by atoms with E-state index in [1.807, 2.05) is 0 Å². The van der Waals surface area contributed by atoms with E-state index >= 15 is 0 Å². The summed E-state index contributed by atoms with van der Waals surface area (Å²) in [6, 6.07) is 4.51. The summed E-state index contributed by atoms with van der Waals surface area (Å²) in [5.74, 6) is -3.35. The lowest BCUT2D eigenvalue weighted by molar-refractivity contribution is -0.0286. The Morgan fingerprint density at radius 3 is 2.38 bits per heavy atom. The zero-order valence-electron chi connectivity index (χ0n) is 7.57. The van der Waals surface area contributed by atoms with Crippen LogP contribution in [0.1, 0.15) is 16.7 Å². The first kappa shape index (κ1) is 10.1. The predicted octanol–water partition coefficient (Wildman–Crippen LogP) is 3.36. The van der Waals surface area contributed by atoms with E-state index < -0.39 is 12.6 Å². The van der Waals surface area contributed by atoms with Crippen molar-refractivity contribution >= 4 is 0 Å². The molecule has 0 spiro atoms. The van der Waals surface area contributed by atoms with E-state index in [1.54, 1.807) is 19.9 Å². The number of aryl methyl sites for hydroxylation is 1. The molecular weight excluding hydrogens is 177 g/mol. The maximum Gasteiger partial charge on any atom is 0.301 e. The van der Waals surface area contributed by atoms with Gasteiger partial charge in [0.25, 0.3) is 0 Å². The fourth-order valence-electron chi connectivity index (χ4n) is 1.22. The topological polar surface area (TPSA) is 0 Å². The van der Waals surface area contributed by atoms with Crippen molar-refractivity contribution in [3.05, 3.63) is 34.9 Å². The van der Waals surface area contributed by atoms with Gasteiger partial charge in [-0.2, -0.15) is 8.78 Å². The third kappa shape index (κ3) is 1.85.